The van der Waals surface area contributed by atoms with Crippen LogP contribution in [0.1, 0.15) is 70.2 Å². The molecule has 2 atom stereocenters. The standard InChI is InChI=1S/C24H31NO5/c1-8-12-23(6,10-3)21(27)29-15-18-14-25-17(5)20(26)19(18)16-30-22(28)24(7,11-4)13-9-2/h1-2,14,26H,10-13,15-16H2,3-7H3. The molecule has 1 heterocycles. The molecule has 6 nitrogen and oxygen atoms in total. The van der Waals surface area contributed by atoms with E-state index >= 15 is 0 Å². The molecule has 0 aliphatic carbocycles. The Hall–Kier alpha value is -2.99. The second kappa shape index (κ2) is 10.7. The van der Waals surface area contributed by atoms with Crippen LogP contribution in [0.3, 0.4) is 0 Å². The molecular weight excluding hydrogens is 382 g/mol. The van der Waals surface area contributed by atoms with Crippen molar-refractivity contribution in [3.63, 3.8) is 0 Å². The minimum absolute atomic E-state index is 0.103. The molecule has 1 aromatic rings. The van der Waals surface area contributed by atoms with E-state index in [1.807, 2.05) is 13.8 Å². The first kappa shape index (κ1) is 25.0. The van der Waals surface area contributed by atoms with Crippen LogP contribution in [0.25, 0.3) is 0 Å². The van der Waals surface area contributed by atoms with Gasteiger partial charge in [0, 0.05) is 30.2 Å². The molecule has 0 aliphatic heterocycles. The van der Waals surface area contributed by atoms with Crippen LogP contribution in [-0.4, -0.2) is 22.0 Å². The Balaban J connectivity index is 3.03. The fourth-order valence-electron chi connectivity index (χ4n) is 2.73. The summed E-state index contributed by atoms with van der Waals surface area (Å²) >= 11 is 0. The number of esters is 2. The molecule has 1 rings (SSSR count). The van der Waals surface area contributed by atoms with Gasteiger partial charge >= 0.3 is 11.9 Å². The molecule has 6 heteroatoms. The Kier molecular flexibility index (Phi) is 8.93. The number of nitrogens with zero attached hydrogens (tertiary/aromatic N) is 1. The lowest BCUT2D eigenvalue weighted by atomic mass is 9.84. The maximum absolute atomic E-state index is 12.6. The number of hydrogen-bond donors (Lipinski definition) is 1. The molecule has 0 fully saturated rings. The van der Waals surface area contributed by atoms with Crippen molar-refractivity contribution in [2.75, 3.05) is 0 Å². The first-order chi connectivity index (χ1) is 14.1. The van der Waals surface area contributed by atoms with E-state index in [2.05, 4.69) is 16.8 Å². The fraction of sp³-hybridized carbons (Fsp3) is 0.542. The topological polar surface area (TPSA) is 85.7 Å². The molecule has 1 N–H and O–H groups in total. The highest BCUT2D eigenvalue weighted by Crippen LogP contribution is 2.31. The number of ether oxygens (including phenoxy) is 2. The van der Waals surface area contributed by atoms with Gasteiger partial charge in [-0.15, -0.1) is 24.7 Å². The van der Waals surface area contributed by atoms with E-state index in [0.29, 0.717) is 29.7 Å². The van der Waals surface area contributed by atoms with E-state index in [1.165, 1.54) is 6.20 Å². The smallest absolute Gasteiger partial charge is 0.313 e. The molecule has 0 aromatic carbocycles. The number of aromatic hydroxyl groups is 1. The summed E-state index contributed by atoms with van der Waals surface area (Å²) in [4.78, 5) is 29.2. The van der Waals surface area contributed by atoms with Crippen molar-refractivity contribution in [3.8, 4) is 30.4 Å². The SMILES string of the molecule is C#CCC(C)(CC)C(=O)OCc1cnc(C)c(O)c1COC(=O)C(C)(CC)CC#C. The third-order valence-electron chi connectivity index (χ3n) is 5.67. The maximum Gasteiger partial charge on any atom is 0.313 e. The van der Waals surface area contributed by atoms with Gasteiger partial charge in [0.25, 0.3) is 0 Å². The van der Waals surface area contributed by atoms with Gasteiger partial charge in [-0.05, 0) is 33.6 Å². The Morgan fingerprint density at radius 1 is 1.03 bits per heavy atom. The van der Waals surface area contributed by atoms with Crippen LogP contribution >= 0.6 is 0 Å². The van der Waals surface area contributed by atoms with Crippen LogP contribution in [-0.2, 0) is 32.3 Å². The maximum atomic E-state index is 12.6. The summed E-state index contributed by atoms with van der Waals surface area (Å²) in [7, 11) is 0. The van der Waals surface area contributed by atoms with Crippen molar-refractivity contribution >= 4 is 11.9 Å². The van der Waals surface area contributed by atoms with E-state index in [-0.39, 0.29) is 31.8 Å². The molecule has 0 saturated carbocycles. The molecule has 0 amide bonds. The lowest BCUT2D eigenvalue weighted by Gasteiger charge is -2.25. The minimum Gasteiger partial charge on any atom is -0.506 e. The third-order valence-corrected chi connectivity index (χ3v) is 5.67. The van der Waals surface area contributed by atoms with Crippen LogP contribution in [0.15, 0.2) is 6.20 Å². The van der Waals surface area contributed by atoms with Gasteiger partial charge in [-0.3, -0.25) is 14.6 Å². The number of rotatable bonds is 10. The number of carbonyl (C=O) groups excluding carboxylic acids is 2. The third kappa shape index (κ3) is 5.76. The number of pyridine rings is 1. The molecule has 162 valence electrons. The molecule has 1 aromatic heterocycles. The van der Waals surface area contributed by atoms with Crippen LogP contribution in [0.4, 0.5) is 0 Å². The number of carbonyl (C=O) groups is 2. The van der Waals surface area contributed by atoms with Gasteiger partial charge in [0.15, 0.2) is 0 Å². The van der Waals surface area contributed by atoms with Gasteiger partial charge in [0.2, 0.25) is 0 Å². The van der Waals surface area contributed by atoms with Gasteiger partial charge in [0.05, 0.1) is 16.5 Å². The zero-order chi connectivity index (χ0) is 22.9. The number of aryl methyl sites for hydroxylation is 1. The zero-order valence-corrected chi connectivity index (χ0v) is 18.5. The van der Waals surface area contributed by atoms with E-state index in [9.17, 15) is 14.7 Å². The largest absolute Gasteiger partial charge is 0.506 e. The lowest BCUT2D eigenvalue weighted by Crippen LogP contribution is -2.29. The van der Waals surface area contributed by atoms with Crippen molar-refractivity contribution in [2.24, 2.45) is 10.8 Å². The van der Waals surface area contributed by atoms with E-state index in [1.54, 1.807) is 20.8 Å². The molecule has 30 heavy (non-hydrogen) atoms. The first-order valence-corrected chi connectivity index (χ1v) is 9.96. The number of aromatic nitrogens is 1. The van der Waals surface area contributed by atoms with Crippen molar-refractivity contribution in [1.82, 2.24) is 4.98 Å². The molecular formula is C24H31NO5. The molecule has 0 aliphatic rings. The second-order valence-corrected chi connectivity index (χ2v) is 7.94. The van der Waals surface area contributed by atoms with Crippen molar-refractivity contribution in [1.29, 1.82) is 0 Å². The van der Waals surface area contributed by atoms with Crippen LogP contribution in [0.5, 0.6) is 5.75 Å². The van der Waals surface area contributed by atoms with E-state index < -0.39 is 22.8 Å². The average Bonchev–Trinajstić information content (AvgIpc) is 2.73. The Morgan fingerprint density at radius 3 is 1.93 bits per heavy atom. The summed E-state index contributed by atoms with van der Waals surface area (Å²) in [5, 5.41) is 10.5. The lowest BCUT2D eigenvalue weighted by molar-refractivity contribution is -0.158. The van der Waals surface area contributed by atoms with Crippen LogP contribution < -0.4 is 0 Å². The van der Waals surface area contributed by atoms with Gasteiger partial charge in [-0.2, -0.15) is 0 Å². The first-order valence-electron chi connectivity index (χ1n) is 9.96. The quantitative estimate of drug-likeness (QED) is 0.460. The predicted octanol–water partition coefficient (Wildman–Crippen LogP) is 4.06. The highest BCUT2D eigenvalue weighted by Gasteiger charge is 2.34. The summed E-state index contributed by atoms with van der Waals surface area (Å²) in [6.45, 7) is 8.54. The molecule has 0 radical (unpaired) electrons. The highest BCUT2D eigenvalue weighted by atomic mass is 16.5. The fourth-order valence-corrected chi connectivity index (χ4v) is 2.73. The Morgan fingerprint density at radius 2 is 1.50 bits per heavy atom. The van der Waals surface area contributed by atoms with E-state index in [0.717, 1.165) is 0 Å². The monoisotopic (exact) mass is 413 g/mol. The van der Waals surface area contributed by atoms with Crippen molar-refractivity contribution < 1.29 is 24.2 Å². The van der Waals surface area contributed by atoms with Gasteiger partial charge in [-0.25, -0.2) is 0 Å². The molecule has 2 unspecified atom stereocenters. The van der Waals surface area contributed by atoms with E-state index in [4.69, 9.17) is 22.3 Å². The molecule has 0 saturated heterocycles. The average molecular weight is 414 g/mol. The van der Waals surface area contributed by atoms with Crippen molar-refractivity contribution in [3.05, 3.63) is 23.0 Å². The van der Waals surface area contributed by atoms with Gasteiger partial charge < -0.3 is 14.6 Å². The summed E-state index contributed by atoms with van der Waals surface area (Å²) in [6.07, 6.45) is 13.8. The number of terminal acetylenes is 2. The summed E-state index contributed by atoms with van der Waals surface area (Å²) < 4.78 is 10.9. The van der Waals surface area contributed by atoms with Crippen LogP contribution in [0, 0.1) is 42.4 Å². The zero-order valence-electron chi connectivity index (χ0n) is 18.5. The Bertz CT molecular complexity index is 864. The second-order valence-electron chi connectivity index (χ2n) is 7.94. The summed E-state index contributed by atoms with van der Waals surface area (Å²) in [5.41, 5.74) is -0.424. The molecule has 0 spiro atoms. The normalized spacial score (nSPS) is 14.5. The molecule has 0 bridgehead atoms. The highest BCUT2D eigenvalue weighted by molar-refractivity contribution is 5.77. The summed E-state index contributed by atoms with van der Waals surface area (Å²) in [6, 6.07) is 0. The van der Waals surface area contributed by atoms with Gasteiger partial charge in [-0.1, -0.05) is 13.8 Å². The van der Waals surface area contributed by atoms with Crippen molar-refractivity contribution in [2.45, 2.75) is 73.5 Å². The minimum atomic E-state index is -0.808. The van der Waals surface area contributed by atoms with Gasteiger partial charge in [0.1, 0.15) is 19.0 Å². The number of hydrogen-bond acceptors (Lipinski definition) is 6. The Labute approximate surface area is 179 Å². The summed E-state index contributed by atoms with van der Waals surface area (Å²) in [5.74, 6) is 4.02. The predicted molar refractivity (Wildman–Crippen MR) is 114 cm³/mol. The van der Waals surface area contributed by atoms with Crippen LogP contribution in [0.2, 0.25) is 0 Å².